The van der Waals surface area contributed by atoms with E-state index in [1.54, 1.807) is 7.11 Å². The minimum absolute atomic E-state index is 0.0406. The van der Waals surface area contributed by atoms with E-state index in [1.807, 2.05) is 19.9 Å². The topological polar surface area (TPSA) is 41.9 Å². The number of hydrogen-bond donors (Lipinski definition) is 1. The van der Waals surface area contributed by atoms with Crippen LogP contribution in [-0.2, 0) is 9.47 Å². The smallest absolute Gasteiger partial charge is 0.102 e. The molecule has 0 fully saturated rings. The van der Waals surface area contributed by atoms with Crippen LogP contribution < -0.4 is 0 Å². The van der Waals surface area contributed by atoms with Gasteiger partial charge in [0.25, 0.3) is 0 Å². The Bertz CT molecular complexity index is 328. The predicted molar refractivity (Wildman–Crippen MR) is 81.8 cm³/mol. The molecule has 1 aliphatic rings. The number of aliphatic hydroxyl groups excluding tert-OH is 1. The highest BCUT2D eigenvalue weighted by molar-refractivity contribution is 5.05. The molecule has 4 nitrogen and oxygen atoms in total. The first kappa shape index (κ1) is 17.4. The van der Waals surface area contributed by atoms with Crippen molar-refractivity contribution >= 4 is 0 Å². The van der Waals surface area contributed by atoms with Gasteiger partial charge in [0.1, 0.15) is 6.10 Å². The van der Waals surface area contributed by atoms with Gasteiger partial charge in [-0.15, -0.1) is 0 Å². The first-order chi connectivity index (χ1) is 9.54. The van der Waals surface area contributed by atoms with E-state index in [0.29, 0.717) is 6.61 Å². The van der Waals surface area contributed by atoms with Gasteiger partial charge in [-0.1, -0.05) is 30.7 Å². The molecule has 1 unspecified atom stereocenters. The second-order valence-electron chi connectivity index (χ2n) is 5.64. The third-order valence-electron chi connectivity index (χ3n) is 3.65. The first-order valence-corrected chi connectivity index (χ1v) is 7.35. The zero-order chi connectivity index (χ0) is 15.0. The predicted octanol–water partition coefficient (Wildman–Crippen LogP) is 1.85. The summed E-state index contributed by atoms with van der Waals surface area (Å²) < 4.78 is 11.0. The summed E-state index contributed by atoms with van der Waals surface area (Å²) >= 11 is 0. The van der Waals surface area contributed by atoms with Crippen molar-refractivity contribution < 1.29 is 14.6 Å². The van der Waals surface area contributed by atoms with Crippen molar-refractivity contribution in [1.82, 2.24) is 4.90 Å². The molecular formula is C16H29NO3. The molecule has 0 spiro atoms. The van der Waals surface area contributed by atoms with Gasteiger partial charge >= 0.3 is 0 Å². The number of aliphatic hydroxyl groups is 1. The summed E-state index contributed by atoms with van der Waals surface area (Å²) in [6.07, 6.45) is 6.28. The Morgan fingerprint density at radius 3 is 2.85 bits per heavy atom. The average Bonchev–Trinajstić information content (AvgIpc) is 2.42. The van der Waals surface area contributed by atoms with Gasteiger partial charge in [-0.2, -0.15) is 0 Å². The molecule has 0 aromatic carbocycles. The molecule has 0 saturated carbocycles. The third-order valence-corrected chi connectivity index (χ3v) is 3.65. The lowest BCUT2D eigenvalue weighted by molar-refractivity contribution is -0.00210. The molecule has 1 heterocycles. The van der Waals surface area contributed by atoms with E-state index >= 15 is 0 Å². The summed E-state index contributed by atoms with van der Waals surface area (Å²) in [6.45, 7) is 7.33. The molecule has 4 heteroatoms. The molecule has 116 valence electrons. The second kappa shape index (κ2) is 9.29. The van der Waals surface area contributed by atoms with Crippen molar-refractivity contribution in [2.24, 2.45) is 5.92 Å². The Morgan fingerprint density at radius 2 is 2.15 bits per heavy atom. The van der Waals surface area contributed by atoms with E-state index in [4.69, 9.17) is 9.47 Å². The molecule has 0 amide bonds. The van der Waals surface area contributed by atoms with E-state index < -0.39 is 6.10 Å². The molecular weight excluding hydrogens is 254 g/mol. The molecule has 3 atom stereocenters. The lowest BCUT2D eigenvalue weighted by Crippen LogP contribution is -2.32. The third kappa shape index (κ3) is 6.18. The van der Waals surface area contributed by atoms with Crippen LogP contribution in [0.3, 0.4) is 0 Å². The van der Waals surface area contributed by atoms with Crippen LogP contribution in [0.15, 0.2) is 23.8 Å². The maximum Gasteiger partial charge on any atom is 0.102 e. The maximum absolute atomic E-state index is 10.3. The van der Waals surface area contributed by atoms with Crippen molar-refractivity contribution in [2.45, 2.75) is 32.5 Å². The highest BCUT2D eigenvalue weighted by Crippen LogP contribution is 2.15. The number of ether oxygens (including phenoxy) is 2. The fraction of sp³-hybridized carbons (Fsp3) is 0.750. The van der Waals surface area contributed by atoms with Gasteiger partial charge in [0.15, 0.2) is 0 Å². The normalized spacial score (nSPS) is 35.9. The molecule has 0 saturated heterocycles. The van der Waals surface area contributed by atoms with E-state index in [2.05, 4.69) is 24.1 Å². The highest BCUT2D eigenvalue weighted by Gasteiger charge is 2.21. The fourth-order valence-corrected chi connectivity index (χ4v) is 2.32. The van der Waals surface area contributed by atoms with Crippen molar-refractivity contribution in [1.29, 1.82) is 0 Å². The molecule has 1 N–H and O–H groups in total. The van der Waals surface area contributed by atoms with Crippen LogP contribution in [0.5, 0.6) is 0 Å². The number of likely N-dealkylation sites (N-methyl/N-ethyl adjacent to an activating group) is 1. The Morgan fingerprint density at radius 1 is 1.40 bits per heavy atom. The van der Waals surface area contributed by atoms with Crippen molar-refractivity contribution in [2.75, 3.05) is 40.5 Å². The first-order valence-electron chi connectivity index (χ1n) is 7.35. The Hall–Kier alpha value is -0.680. The van der Waals surface area contributed by atoms with E-state index in [0.717, 1.165) is 31.7 Å². The van der Waals surface area contributed by atoms with Crippen molar-refractivity contribution in [3.05, 3.63) is 23.8 Å². The molecule has 0 bridgehead atoms. The van der Waals surface area contributed by atoms with Crippen LogP contribution >= 0.6 is 0 Å². The van der Waals surface area contributed by atoms with Gasteiger partial charge in [-0.25, -0.2) is 0 Å². The van der Waals surface area contributed by atoms with Gasteiger partial charge in [0.2, 0.25) is 0 Å². The molecule has 0 radical (unpaired) electrons. The lowest BCUT2D eigenvalue weighted by Gasteiger charge is -2.24. The van der Waals surface area contributed by atoms with Gasteiger partial charge < -0.3 is 19.5 Å². The summed E-state index contributed by atoms with van der Waals surface area (Å²) in [6, 6.07) is 0. The minimum Gasteiger partial charge on any atom is -0.389 e. The minimum atomic E-state index is -0.535. The summed E-state index contributed by atoms with van der Waals surface area (Å²) in [7, 11) is 3.73. The van der Waals surface area contributed by atoms with Crippen LogP contribution in [-0.4, -0.2) is 62.7 Å². The Balaban J connectivity index is 2.75. The summed E-state index contributed by atoms with van der Waals surface area (Å²) in [5.41, 5.74) is 1.15. The SMILES string of the molecule is CO[C@H]1/C=C/CCN(C)CCOC/C(C)=C\C(C)[C@@H]1O. The van der Waals surface area contributed by atoms with Crippen molar-refractivity contribution in [3.63, 3.8) is 0 Å². The van der Waals surface area contributed by atoms with Gasteiger partial charge in [0, 0.05) is 26.1 Å². The quantitative estimate of drug-likeness (QED) is 0.746. The zero-order valence-electron chi connectivity index (χ0n) is 13.2. The molecule has 0 aliphatic carbocycles. The van der Waals surface area contributed by atoms with Gasteiger partial charge in [-0.3, -0.25) is 0 Å². The summed E-state index contributed by atoms with van der Waals surface area (Å²) in [5.74, 6) is 0.0406. The van der Waals surface area contributed by atoms with E-state index in [1.165, 1.54) is 0 Å². The largest absolute Gasteiger partial charge is 0.389 e. The second-order valence-corrected chi connectivity index (χ2v) is 5.64. The number of methoxy groups -OCH3 is 1. The zero-order valence-corrected chi connectivity index (χ0v) is 13.2. The summed E-state index contributed by atoms with van der Waals surface area (Å²) in [4.78, 5) is 2.25. The van der Waals surface area contributed by atoms with Crippen LogP contribution in [0.1, 0.15) is 20.3 Å². The monoisotopic (exact) mass is 283 g/mol. The Kier molecular flexibility index (Phi) is 8.07. The van der Waals surface area contributed by atoms with Crippen LogP contribution in [0.25, 0.3) is 0 Å². The number of hydrogen-bond acceptors (Lipinski definition) is 4. The summed E-state index contributed by atoms with van der Waals surface area (Å²) in [5, 5.41) is 10.3. The lowest BCUT2D eigenvalue weighted by atomic mass is 9.97. The molecule has 1 aliphatic heterocycles. The van der Waals surface area contributed by atoms with Gasteiger partial charge in [0.05, 0.1) is 19.3 Å². The highest BCUT2D eigenvalue weighted by atomic mass is 16.5. The fourth-order valence-electron chi connectivity index (χ4n) is 2.32. The molecule has 0 aromatic rings. The average molecular weight is 283 g/mol. The van der Waals surface area contributed by atoms with E-state index in [-0.39, 0.29) is 12.0 Å². The van der Waals surface area contributed by atoms with Gasteiger partial charge in [-0.05, 0) is 20.4 Å². The van der Waals surface area contributed by atoms with E-state index in [9.17, 15) is 5.11 Å². The van der Waals surface area contributed by atoms with Crippen LogP contribution in [0.4, 0.5) is 0 Å². The molecule has 1 rings (SSSR count). The van der Waals surface area contributed by atoms with Crippen LogP contribution in [0.2, 0.25) is 0 Å². The number of nitrogens with zero attached hydrogens (tertiary/aromatic N) is 1. The maximum atomic E-state index is 10.3. The van der Waals surface area contributed by atoms with Crippen molar-refractivity contribution in [3.8, 4) is 0 Å². The standard InChI is InChI=1S/C16H29NO3/c1-13-11-14(2)16(18)15(19-4)7-5-6-8-17(3)9-10-20-12-13/h5,7,11,14-16,18H,6,8-10,12H2,1-4H3/b7-5+,13-11-/t14?,15-,16-/m0/s1. The molecule has 0 aromatic heterocycles. The number of rotatable bonds is 1. The Labute approximate surface area is 123 Å². The molecule has 20 heavy (non-hydrogen) atoms. The van der Waals surface area contributed by atoms with Crippen LogP contribution in [0, 0.1) is 5.92 Å².